The maximum Gasteiger partial charge on any atom is 0.337 e. The Morgan fingerprint density at radius 3 is 2.89 bits per heavy atom. The molecule has 2 aromatic rings. The molecule has 0 radical (unpaired) electrons. The van der Waals surface area contributed by atoms with Crippen LogP contribution < -0.4 is 11.1 Å². The maximum atomic E-state index is 11.2. The molecule has 0 amide bonds. The second-order valence-corrected chi connectivity index (χ2v) is 4.47. The molecule has 7 heteroatoms. The fourth-order valence-corrected chi connectivity index (χ4v) is 2.01. The number of aryl methyl sites for hydroxylation is 1. The molecule has 0 unspecified atom stereocenters. The Kier molecular flexibility index (Phi) is 3.62. The van der Waals surface area contributed by atoms with Gasteiger partial charge in [0.15, 0.2) is 0 Å². The van der Waals surface area contributed by atoms with Gasteiger partial charge in [-0.25, -0.2) is 4.79 Å². The van der Waals surface area contributed by atoms with E-state index in [4.69, 9.17) is 22.4 Å². The zero-order valence-corrected chi connectivity index (χ0v) is 11.0. The van der Waals surface area contributed by atoms with Gasteiger partial charge in [-0.1, -0.05) is 11.6 Å². The third kappa shape index (κ3) is 2.97. The number of hydrogen-bond donors (Lipinski definition) is 3. The number of nitrogens with zero attached hydrogens (tertiary/aromatic N) is 2. The van der Waals surface area contributed by atoms with Gasteiger partial charge >= 0.3 is 5.97 Å². The summed E-state index contributed by atoms with van der Waals surface area (Å²) in [6.07, 6.45) is 1.81. The van der Waals surface area contributed by atoms with Gasteiger partial charge in [0, 0.05) is 18.9 Å². The van der Waals surface area contributed by atoms with E-state index < -0.39 is 5.97 Å². The molecule has 1 aromatic carbocycles. The first-order chi connectivity index (χ1) is 8.97. The molecule has 0 bridgehead atoms. The lowest BCUT2D eigenvalue weighted by Gasteiger charge is -2.11. The van der Waals surface area contributed by atoms with Crippen molar-refractivity contribution in [2.24, 2.45) is 7.05 Å². The number of carbonyl (C=O) groups is 1. The predicted octanol–water partition coefficient (Wildman–Crippen LogP) is 1.97. The van der Waals surface area contributed by atoms with Crippen LogP contribution in [0.3, 0.4) is 0 Å². The lowest BCUT2D eigenvalue weighted by Crippen LogP contribution is -2.08. The standard InChI is InChI=1S/C12H13ClN4O2/c1-17-3-2-8(16-17)6-15-11-9(12(18)19)4-7(14)5-10(11)13/h2-5,15H,6,14H2,1H3,(H,18,19). The Labute approximate surface area is 114 Å². The quantitative estimate of drug-likeness (QED) is 0.745. The number of benzene rings is 1. The molecule has 0 fully saturated rings. The smallest absolute Gasteiger partial charge is 0.337 e. The van der Waals surface area contributed by atoms with E-state index in [0.29, 0.717) is 17.9 Å². The van der Waals surface area contributed by atoms with E-state index >= 15 is 0 Å². The summed E-state index contributed by atoms with van der Waals surface area (Å²) in [6, 6.07) is 4.71. The maximum absolute atomic E-state index is 11.2. The number of rotatable bonds is 4. The number of nitrogen functional groups attached to an aromatic ring is 1. The third-order valence-corrected chi connectivity index (χ3v) is 2.86. The lowest BCUT2D eigenvalue weighted by atomic mass is 10.1. The molecule has 0 saturated heterocycles. The molecule has 19 heavy (non-hydrogen) atoms. The van der Waals surface area contributed by atoms with Gasteiger partial charge in [-0.15, -0.1) is 0 Å². The van der Waals surface area contributed by atoms with E-state index in [1.807, 2.05) is 13.1 Å². The molecule has 100 valence electrons. The van der Waals surface area contributed by atoms with Crippen LogP contribution in [0, 0.1) is 0 Å². The van der Waals surface area contributed by atoms with Crippen molar-refractivity contribution in [3.63, 3.8) is 0 Å². The van der Waals surface area contributed by atoms with Crippen molar-refractivity contribution in [1.29, 1.82) is 0 Å². The number of aromatic nitrogens is 2. The number of nitrogens with one attached hydrogen (secondary N) is 1. The molecular formula is C12H13ClN4O2. The Morgan fingerprint density at radius 1 is 1.58 bits per heavy atom. The highest BCUT2D eigenvalue weighted by Gasteiger charge is 2.14. The predicted molar refractivity (Wildman–Crippen MR) is 73.4 cm³/mol. The Morgan fingerprint density at radius 2 is 2.32 bits per heavy atom. The fraction of sp³-hybridized carbons (Fsp3) is 0.167. The fourth-order valence-electron chi connectivity index (χ4n) is 1.71. The third-order valence-electron chi connectivity index (χ3n) is 2.56. The van der Waals surface area contributed by atoms with Crippen LogP contribution in [0.15, 0.2) is 24.4 Å². The molecule has 1 heterocycles. The van der Waals surface area contributed by atoms with Crippen LogP contribution in [0.2, 0.25) is 5.02 Å². The SMILES string of the molecule is Cn1ccc(CNc2c(Cl)cc(N)cc2C(=O)O)n1. The Balaban J connectivity index is 2.26. The summed E-state index contributed by atoms with van der Waals surface area (Å²) in [5.41, 5.74) is 7.06. The molecular weight excluding hydrogens is 268 g/mol. The van der Waals surface area contributed by atoms with E-state index in [2.05, 4.69) is 10.4 Å². The van der Waals surface area contributed by atoms with Crippen LogP contribution in [0.25, 0.3) is 0 Å². The Bertz CT molecular complexity index is 624. The van der Waals surface area contributed by atoms with Crippen molar-refractivity contribution in [3.8, 4) is 0 Å². The van der Waals surface area contributed by atoms with E-state index in [-0.39, 0.29) is 10.6 Å². The molecule has 0 spiro atoms. The first-order valence-electron chi connectivity index (χ1n) is 5.52. The van der Waals surface area contributed by atoms with E-state index in [9.17, 15) is 4.79 Å². The molecule has 0 aliphatic carbocycles. The molecule has 0 aliphatic rings. The average Bonchev–Trinajstić information content (AvgIpc) is 2.73. The van der Waals surface area contributed by atoms with Crippen LogP contribution in [0.5, 0.6) is 0 Å². The average molecular weight is 281 g/mol. The first kappa shape index (κ1) is 13.2. The van der Waals surface area contributed by atoms with Crippen molar-refractivity contribution in [1.82, 2.24) is 9.78 Å². The summed E-state index contributed by atoms with van der Waals surface area (Å²) in [5, 5.41) is 16.6. The Hall–Kier alpha value is -2.21. The first-order valence-corrected chi connectivity index (χ1v) is 5.90. The largest absolute Gasteiger partial charge is 0.478 e. The van der Waals surface area contributed by atoms with Crippen LogP contribution in [0.4, 0.5) is 11.4 Å². The zero-order valence-electron chi connectivity index (χ0n) is 10.2. The molecule has 0 saturated carbocycles. The summed E-state index contributed by atoms with van der Waals surface area (Å²) in [5.74, 6) is -1.09. The van der Waals surface area contributed by atoms with E-state index in [1.165, 1.54) is 12.1 Å². The molecule has 4 N–H and O–H groups in total. The van der Waals surface area contributed by atoms with Gasteiger partial charge in [0.25, 0.3) is 0 Å². The number of nitrogens with two attached hydrogens (primary N) is 1. The summed E-state index contributed by atoms with van der Waals surface area (Å²) < 4.78 is 1.67. The highest BCUT2D eigenvalue weighted by atomic mass is 35.5. The normalized spacial score (nSPS) is 10.4. The minimum Gasteiger partial charge on any atom is -0.478 e. The number of carboxylic acids is 1. The second-order valence-electron chi connectivity index (χ2n) is 4.06. The molecule has 2 rings (SSSR count). The van der Waals surface area contributed by atoms with Crippen molar-refractivity contribution < 1.29 is 9.90 Å². The van der Waals surface area contributed by atoms with Crippen molar-refractivity contribution >= 4 is 28.9 Å². The van der Waals surface area contributed by atoms with Crippen LogP contribution in [-0.2, 0) is 13.6 Å². The summed E-state index contributed by atoms with van der Waals surface area (Å²) in [6.45, 7) is 0.380. The van der Waals surface area contributed by atoms with E-state index in [0.717, 1.165) is 5.69 Å². The van der Waals surface area contributed by atoms with Gasteiger partial charge in [-0.2, -0.15) is 5.10 Å². The van der Waals surface area contributed by atoms with Gasteiger partial charge in [-0.3, -0.25) is 4.68 Å². The monoisotopic (exact) mass is 280 g/mol. The number of aromatic carboxylic acids is 1. The van der Waals surface area contributed by atoms with Crippen LogP contribution in [0.1, 0.15) is 16.1 Å². The molecule has 6 nitrogen and oxygen atoms in total. The number of hydrogen-bond acceptors (Lipinski definition) is 4. The van der Waals surface area contributed by atoms with Crippen molar-refractivity contribution in [2.45, 2.75) is 6.54 Å². The van der Waals surface area contributed by atoms with Crippen molar-refractivity contribution in [3.05, 3.63) is 40.7 Å². The summed E-state index contributed by atoms with van der Waals surface area (Å²) >= 11 is 6.02. The lowest BCUT2D eigenvalue weighted by molar-refractivity contribution is 0.0698. The highest BCUT2D eigenvalue weighted by Crippen LogP contribution is 2.29. The molecule has 0 atom stereocenters. The van der Waals surface area contributed by atoms with Gasteiger partial charge in [0.2, 0.25) is 0 Å². The van der Waals surface area contributed by atoms with Gasteiger partial charge in [0.05, 0.1) is 28.5 Å². The van der Waals surface area contributed by atoms with Gasteiger partial charge in [-0.05, 0) is 18.2 Å². The minimum absolute atomic E-state index is 0.0425. The second kappa shape index (κ2) is 5.19. The number of halogens is 1. The topological polar surface area (TPSA) is 93.2 Å². The summed E-state index contributed by atoms with van der Waals surface area (Å²) in [7, 11) is 1.81. The van der Waals surface area contributed by atoms with Gasteiger partial charge < -0.3 is 16.2 Å². The number of carboxylic acid groups (broad SMARTS) is 1. The zero-order chi connectivity index (χ0) is 14.0. The van der Waals surface area contributed by atoms with Crippen LogP contribution >= 0.6 is 11.6 Å². The molecule has 1 aromatic heterocycles. The highest BCUT2D eigenvalue weighted by molar-refractivity contribution is 6.34. The van der Waals surface area contributed by atoms with Gasteiger partial charge in [0.1, 0.15) is 0 Å². The molecule has 0 aliphatic heterocycles. The number of anilines is 2. The van der Waals surface area contributed by atoms with Crippen molar-refractivity contribution in [2.75, 3.05) is 11.1 Å². The van der Waals surface area contributed by atoms with Crippen LogP contribution in [-0.4, -0.2) is 20.9 Å². The van der Waals surface area contributed by atoms with E-state index in [1.54, 1.807) is 10.9 Å². The summed E-state index contributed by atoms with van der Waals surface area (Å²) in [4.78, 5) is 11.2. The minimum atomic E-state index is -1.09.